The highest BCUT2D eigenvalue weighted by Crippen LogP contribution is 2.22. The second-order valence-corrected chi connectivity index (χ2v) is 3.48. The van der Waals surface area contributed by atoms with E-state index in [1.165, 1.54) is 18.5 Å². The van der Waals surface area contributed by atoms with Gasteiger partial charge in [0.15, 0.2) is 0 Å². The Labute approximate surface area is 75.8 Å². The number of nitrogens with zero attached hydrogens (tertiary/aromatic N) is 1. The molecule has 12 heavy (non-hydrogen) atoms. The normalized spacial score (nSPS) is 18.3. The van der Waals surface area contributed by atoms with Crippen molar-refractivity contribution in [2.75, 3.05) is 13.6 Å². The molecular formula is C11H19N. The topological polar surface area (TPSA) is 3.24 Å². The smallest absolute Gasteiger partial charge is 0.0388 e. The zero-order chi connectivity index (χ0) is 9.14. The zero-order valence-electron chi connectivity index (χ0n) is 8.65. The van der Waals surface area contributed by atoms with Crippen LogP contribution in [0.3, 0.4) is 0 Å². The molecule has 0 saturated carbocycles. The Balaban J connectivity index is 2.90. The second-order valence-electron chi connectivity index (χ2n) is 3.48. The number of hydrogen-bond acceptors (Lipinski definition) is 1. The van der Waals surface area contributed by atoms with Gasteiger partial charge in [0.25, 0.3) is 0 Å². The van der Waals surface area contributed by atoms with E-state index in [0.29, 0.717) is 0 Å². The summed E-state index contributed by atoms with van der Waals surface area (Å²) in [6.45, 7) is 7.79. The third-order valence-corrected chi connectivity index (χ3v) is 2.68. The molecule has 1 heteroatoms. The van der Waals surface area contributed by atoms with E-state index in [4.69, 9.17) is 0 Å². The highest BCUT2D eigenvalue weighted by Gasteiger charge is 2.11. The molecule has 0 atom stereocenters. The van der Waals surface area contributed by atoms with Crippen molar-refractivity contribution in [3.63, 3.8) is 0 Å². The Bertz CT molecular complexity index is 223. The summed E-state index contributed by atoms with van der Waals surface area (Å²) in [6.07, 6.45) is 4.69. The van der Waals surface area contributed by atoms with Gasteiger partial charge in [0.05, 0.1) is 0 Å². The van der Waals surface area contributed by atoms with Crippen LogP contribution in [0.15, 0.2) is 22.9 Å². The number of allylic oxidation sites excluding steroid dienone is 3. The van der Waals surface area contributed by atoms with Crippen LogP contribution in [0.25, 0.3) is 0 Å². The van der Waals surface area contributed by atoms with Crippen molar-refractivity contribution in [1.29, 1.82) is 0 Å². The fourth-order valence-electron chi connectivity index (χ4n) is 1.67. The molecule has 1 aliphatic rings. The van der Waals surface area contributed by atoms with Crippen LogP contribution in [-0.2, 0) is 0 Å². The van der Waals surface area contributed by atoms with Crippen molar-refractivity contribution in [2.24, 2.45) is 0 Å². The number of likely N-dealkylation sites (N-methyl/N-ethyl adjacent to an activating group) is 1. The van der Waals surface area contributed by atoms with Crippen LogP contribution in [0.5, 0.6) is 0 Å². The van der Waals surface area contributed by atoms with Gasteiger partial charge in [0.1, 0.15) is 0 Å². The van der Waals surface area contributed by atoms with E-state index in [-0.39, 0.29) is 0 Å². The standard InChI is InChI=1S/C11H19N/c1-5-10-7-9(3)12(4)8-11(10)6-2/h7H,5-6,8H2,1-4H3. The summed E-state index contributed by atoms with van der Waals surface area (Å²) in [4.78, 5) is 2.32. The van der Waals surface area contributed by atoms with Gasteiger partial charge in [-0.15, -0.1) is 0 Å². The minimum absolute atomic E-state index is 1.13. The van der Waals surface area contributed by atoms with Crippen molar-refractivity contribution in [3.05, 3.63) is 22.9 Å². The van der Waals surface area contributed by atoms with E-state index in [9.17, 15) is 0 Å². The van der Waals surface area contributed by atoms with Gasteiger partial charge in [-0.05, 0) is 37.0 Å². The molecule has 0 spiro atoms. The summed E-state index contributed by atoms with van der Waals surface area (Å²) in [5, 5.41) is 0. The first-order chi connectivity index (χ1) is 5.69. The largest absolute Gasteiger partial charge is 0.374 e. The fraction of sp³-hybridized carbons (Fsp3) is 0.636. The molecule has 0 aromatic carbocycles. The summed E-state index contributed by atoms with van der Waals surface area (Å²) < 4.78 is 0. The lowest BCUT2D eigenvalue weighted by atomic mass is 9.98. The molecule has 0 aliphatic carbocycles. The molecule has 1 rings (SSSR count). The maximum Gasteiger partial charge on any atom is 0.0388 e. The molecule has 0 aromatic rings. The Kier molecular flexibility index (Phi) is 2.96. The van der Waals surface area contributed by atoms with Crippen molar-refractivity contribution >= 4 is 0 Å². The average Bonchev–Trinajstić information content (AvgIpc) is 2.09. The van der Waals surface area contributed by atoms with Gasteiger partial charge in [-0.2, -0.15) is 0 Å². The lowest BCUT2D eigenvalue weighted by Gasteiger charge is -2.27. The molecule has 68 valence electrons. The second kappa shape index (κ2) is 3.79. The lowest BCUT2D eigenvalue weighted by molar-refractivity contribution is 0.439. The van der Waals surface area contributed by atoms with E-state index in [1.54, 1.807) is 11.1 Å². The molecule has 0 aromatic heterocycles. The van der Waals surface area contributed by atoms with Gasteiger partial charge in [0, 0.05) is 19.3 Å². The Morgan fingerprint density at radius 1 is 1.33 bits per heavy atom. The van der Waals surface area contributed by atoms with Crippen LogP contribution in [-0.4, -0.2) is 18.5 Å². The SMILES string of the molecule is CCC1=C(CC)CN(C)C(C)=C1. The van der Waals surface area contributed by atoms with Crippen LogP contribution in [0.1, 0.15) is 33.6 Å². The minimum Gasteiger partial charge on any atom is -0.374 e. The third-order valence-electron chi connectivity index (χ3n) is 2.68. The maximum absolute atomic E-state index is 2.32. The molecule has 0 radical (unpaired) electrons. The monoisotopic (exact) mass is 165 g/mol. The molecule has 0 saturated heterocycles. The summed E-state index contributed by atoms with van der Waals surface area (Å²) in [7, 11) is 2.16. The lowest BCUT2D eigenvalue weighted by Crippen LogP contribution is -2.23. The van der Waals surface area contributed by atoms with Gasteiger partial charge in [-0.25, -0.2) is 0 Å². The summed E-state index contributed by atoms with van der Waals surface area (Å²) in [5.74, 6) is 0. The number of rotatable bonds is 2. The van der Waals surface area contributed by atoms with E-state index < -0.39 is 0 Å². The van der Waals surface area contributed by atoms with E-state index in [2.05, 4.69) is 38.8 Å². The minimum atomic E-state index is 1.13. The first-order valence-electron chi connectivity index (χ1n) is 4.79. The zero-order valence-corrected chi connectivity index (χ0v) is 8.65. The molecule has 1 aliphatic heterocycles. The highest BCUT2D eigenvalue weighted by atomic mass is 15.1. The molecule has 1 heterocycles. The molecular weight excluding hydrogens is 146 g/mol. The molecule has 1 nitrogen and oxygen atoms in total. The molecule has 0 unspecified atom stereocenters. The van der Waals surface area contributed by atoms with Crippen LogP contribution < -0.4 is 0 Å². The molecule has 0 fully saturated rings. The van der Waals surface area contributed by atoms with E-state index in [0.717, 1.165) is 6.54 Å². The third kappa shape index (κ3) is 1.71. The summed E-state index contributed by atoms with van der Waals surface area (Å²) in [5.41, 5.74) is 4.54. The van der Waals surface area contributed by atoms with Gasteiger partial charge in [-0.1, -0.05) is 13.8 Å². The molecule has 0 N–H and O–H groups in total. The predicted molar refractivity (Wildman–Crippen MR) is 54.0 cm³/mol. The van der Waals surface area contributed by atoms with E-state index in [1.807, 2.05) is 0 Å². The van der Waals surface area contributed by atoms with Gasteiger partial charge >= 0.3 is 0 Å². The van der Waals surface area contributed by atoms with Gasteiger partial charge in [0.2, 0.25) is 0 Å². The van der Waals surface area contributed by atoms with Crippen LogP contribution >= 0.6 is 0 Å². The summed E-state index contributed by atoms with van der Waals surface area (Å²) in [6, 6.07) is 0. The van der Waals surface area contributed by atoms with Crippen molar-refractivity contribution < 1.29 is 0 Å². The molecule has 0 amide bonds. The first-order valence-corrected chi connectivity index (χ1v) is 4.79. The van der Waals surface area contributed by atoms with Crippen LogP contribution in [0.4, 0.5) is 0 Å². The maximum atomic E-state index is 2.32. The molecule has 0 bridgehead atoms. The van der Waals surface area contributed by atoms with Crippen molar-refractivity contribution in [1.82, 2.24) is 4.90 Å². The highest BCUT2D eigenvalue weighted by molar-refractivity contribution is 5.32. The van der Waals surface area contributed by atoms with E-state index >= 15 is 0 Å². The Morgan fingerprint density at radius 2 is 2.00 bits per heavy atom. The first kappa shape index (κ1) is 9.37. The van der Waals surface area contributed by atoms with Crippen molar-refractivity contribution in [3.8, 4) is 0 Å². The van der Waals surface area contributed by atoms with Crippen LogP contribution in [0, 0.1) is 0 Å². The quantitative estimate of drug-likeness (QED) is 0.608. The Hall–Kier alpha value is -0.720. The fourth-order valence-corrected chi connectivity index (χ4v) is 1.67. The van der Waals surface area contributed by atoms with Crippen molar-refractivity contribution in [2.45, 2.75) is 33.6 Å². The number of hydrogen-bond donors (Lipinski definition) is 0. The average molecular weight is 165 g/mol. The van der Waals surface area contributed by atoms with Gasteiger partial charge in [-0.3, -0.25) is 0 Å². The predicted octanol–water partition coefficient (Wildman–Crippen LogP) is 2.95. The van der Waals surface area contributed by atoms with Gasteiger partial charge < -0.3 is 4.90 Å². The van der Waals surface area contributed by atoms with Crippen LogP contribution in [0.2, 0.25) is 0 Å². The Morgan fingerprint density at radius 3 is 2.50 bits per heavy atom. The summed E-state index contributed by atoms with van der Waals surface area (Å²) >= 11 is 0.